The molecule has 0 aliphatic heterocycles. The normalized spacial score (nSPS) is 11.0. The van der Waals surface area contributed by atoms with Gasteiger partial charge in [0.2, 0.25) is 5.91 Å². The minimum Gasteiger partial charge on any atom is -0.331 e. The van der Waals surface area contributed by atoms with Gasteiger partial charge in [0.15, 0.2) is 0 Å². The first-order valence-electron chi connectivity index (χ1n) is 7.87. The van der Waals surface area contributed by atoms with E-state index in [2.05, 4.69) is 10.3 Å². The van der Waals surface area contributed by atoms with E-state index in [0.717, 1.165) is 28.3 Å². The van der Waals surface area contributed by atoms with Crippen molar-refractivity contribution >= 4 is 29.3 Å². The summed E-state index contributed by atoms with van der Waals surface area (Å²) in [6.45, 7) is 1.95. The Hall–Kier alpha value is -2.85. The van der Waals surface area contributed by atoms with Crippen molar-refractivity contribution in [1.29, 1.82) is 0 Å². The number of hydrogen-bond acceptors (Lipinski definition) is 2. The summed E-state index contributed by atoms with van der Waals surface area (Å²) in [7, 11) is 1.97. The number of aryl methyl sites for hydroxylation is 1. The second-order valence-electron chi connectivity index (χ2n) is 5.67. The van der Waals surface area contributed by atoms with Crippen LogP contribution in [0.2, 0.25) is 5.02 Å². The zero-order valence-corrected chi connectivity index (χ0v) is 14.8. The first-order chi connectivity index (χ1) is 12.0. The van der Waals surface area contributed by atoms with E-state index >= 15 is 0 Å². The number of hydrogen-bond donors (Lipinski definition) is 1. The number of carbonyl (C=O) groups is 1. The Morgan fingerprint density at radius 2 is 2.00 bits per heavy atom. The van der Waals surface area contributed by atoms with Gasteiger partial charge in [-0.1, -0.05) is 41.9 Å². The molecule has 0 aliphatic rings. The van der Waals surface area contributed by atoms with Gasteiger partial charge in [-0.2, -0.15) is 0 Å². The molecule has 1 N–H and O–H groups in total. The Balaban J connectivity index is 1.75. The summed E-state index contributed by atoms with van der Waals surface area (Å²) in [5.41, 5.74) is 3.53. The summed E-state index contributed by atoms with van der Waals surface area (Å²) in [5.74, 6) is 0.727. The second-order valence-corrected chi connectivity index (χ2v) is 6.08. The SMILES string of the molecule is Cc1ncc(-c2cccc(NC(=O)/C=C/c3ccccc3Cl)c2)n1C. The molecule has 25 heavy (non-hydrogen) atoms. The largest absolute Gasteiger partial charge is 0.331 e. The van der Waals surface area contributed by atoms with Gasteiger partial charge in [-0.25, -0.2) is 4.98 Å². The summed E-state index contributed by atoms with van der Waals surface area (Å²) in [6.07, 6.45) is 5.00. The zero-order chi connectivity index (χ0) is 17.8. The van der Waals surface area contributed by atoms with Crippen LogP contribution in [-0.4, -0.2) is 15.5 Å². The van der Waals surface area contributed by atoms with Gasteiger partial charge in [-0.05, 0) is 36.8 Å². The molecular weight excluding hydrogens is 334 g/mol. The molecule has 5 heteroatoms. The van der Waals surface area contributed by atoms with E-state index in [4.69, 9.17) is 11.6 Å². The van der Waals surface area contributed by atoms with Gasteiger partial charge in [0.1, 0.15) is 5.82 Å². The van der Waals surface area contributed by atoms with Crippen molar-refractivity contribution < 1.29 is 4.79 Å². The van der Waals surface area contributed by atoms with Crippen LogP contribution in [0.1, 0.15) is 11.4 Å². The first kappa shape index (κ1) is 17.0. The van der Waals surface area contributed by atoms with Crippen LogP contribution in [0.3, 0.4) is 0 Å². The van der Waals surface area contributed by atoms with Crippen LogP contribution >= 0.6 is 11.6 Å². The van der Waals surface area contributed by atoms with Gasteiger partial charge in [-0.15, -0.1) is 0 Å². The molecule has 3 aromatic rings. The third kappa shape index (κ3) is 3.98. The Morgan fingerprint density at radius 1 is 1.20 bits per heavy atom. The minimum atomic E-state index is -0.210. The van der Waals surface area contributed by atoms with Crippen LogP contribution in [0.15, 0.2) is 60.8 Å². The lowest BCUT2D eigenvalue weighted by atomic mass is 10.1. The average molecular weight is 352 g/mol. The number of nitrogens with zero attached hydrogens (tertiary/aromatic N) is 2. The minimum absolute atomic E-state index is 0.210. The van der Waals surface area contributed by atoms with Crippen LogP contribution in [0.4, 0.5) is 5.69 Å². The van der Waals surface area contributed by atoms with Crippen molar-refractivity contribution in [2.45, 2.75) is 6.92 Å². The Morgan fingerprint density at radius 3 is 2.72 bits per heavy atom. The highest BCUT2D eigenvalue weighted by molar-refractivity contribution is 6.32. The number of carbonyl (C=O) groups excluding carboxylic acids is 1. The maximum Gasteiger partial charge on any atom is 0.248 e. The number of nitrogens with one attached hydrogen (secondary N) is 1. The van der Waals surface area contributed by atoms with E-state index in [9.17, 15) is 4.79 Å². The summed E-state index contributed by atoms with van der Waals surface area (Å²) in [5, 5.41) is 3.48. The lowest BCUT2D eigenvalue weighted by Crippen LogP contribution is -2.07. The zero-order valence-electron chi connectivity index (χ0n) is 14.0. The van der Waals surface area contributed by atoms with Crippen molar-refractivity contribution in [3.63, 3.8) is 0 Å². The van der Waals surface area contributed by atoms with Crippen LogP contribution in [0, 0.1) is 6.92 Å². The molecule has 2 aromatic carbocycles. The number of halogens is 1. The number of amides is 1. The molecule has 1 aromatic heterocycles. The number of benzene rings is 2. The molecule has 1 amide bonds. The van der Waals surface area contributed by atoms with Crippen LogP contribution in [-0.2, 0) is 11.8 Å². The number of aromatic nitrogens is 2. The van der Waals surface area contributed by atoms with E-state index in [1.807, 2.05) is 67.2 Å². The number of imidazole rings is 1. The molecule has 3 rings (SSSR count). The molecule has 0 atom stereocenters. The summed E-state index contributed by atoms with van der Waals surface area (Å²) >= 11 is 6.08. The predicted molar refractivity (Wildman–Crippen MR) is 102 cm³/mol. The molecule has 0 saturated carbocycles. The van der Waals surface area contributed by atoms with Gasteiger partial charge in [-0.3, -0.25) is 4.79 Å². The fourth-order valence-corrected chi connectivity index (χ4v) is 2.68. The summed E-state index contributed by atoms with van der Waals surface area (Å²) in [6, 6.07) is 15.1. The molecule has 126 valence electrons. The quantitative estimate of drug-likeness (QED) is 0.692. The molecule has 0 aliphatic carbocycles. The van der Waals surface area contributed by atoms with Gasteiger partial charge in [0.05, 0.1) is 11.9 Å². The van der Waals surface area contributed by atoms with Crippen molar-refractivity contribution in [1.82, 2.24) is 9.55 Å². The van der Waals surface area contributed by atoms with E-state index in [1.165, 1.54) is 6.08 Å². The topological polar surface area (TPSA) is 46.9 Å². The number of anilines is 1. The van der Waals surface area contributed by atoms with Crippen LogP contribution < -0.4 is 5.32 Å². The molecule has 0 unspecified atom stereocenters. The molecule has 0 bridgehead atoms. The van der Waals surface area contributed by atoms with Crippen molar-refractivity contribution in [2.24, 2.45) is 7.05 Å². The third-order valence-electron chi connectivity index (χ3n) is 3.97. The second kappa shape index (κ2) is 7.36. The maximum atomic E-state index is 12.2. The lowest BCUT2D eigenvalue weighted by Gasteiger charge is -2.07. The molecule has 0 radical (unpaired) electrons. The standard InChI is InChI=1S/C20H18ClN3O/c1-14-22-13-19(24(14)2)16-7-5-8-17(12-16)23-20(25)11-10-15-6-3-4-9-18(15)21/h3-13H,1-2H3,(H,23,25)/b11-10+. The Kier molecular flexibility index (Phi) is 5.00. The van der Waals surface area contributed by atoms with Crippen molar-refractivity contribution in [2.75, 3.05) is 5.32 Å². The van der Waals surface area contributed by atoms with Crippen molar-refractivity contribution in [3.8, 4) is 11.3 Å². The molecule has 0 fully saturated rings. The fraction of sp³-hybridized carbons (Fsp3) is 0.100. The van der Waals surface area contributed by atoms with Gasteiger partial charge in [0.25, 0.3) is 0 Å². The van der Waals surface area contributed by atoms with Gasteiger partial charge < -0.3 is 9.88 Å². The van der Waals surface area contributed by atoms with E-state index in [0.29, 0.717) is 5.02 Å². The highest BCUT2D eigenvalue weighted by Gasteiger charge is 2.07. The van der Waals surface area contributed by atoms with Crippen LogP contribution in [0.5, 0.6) is 0 Å². The number of rotatable bonds is 4. The van der Waals surface area contributed by atoms with Crippen molar-refractivity contribution in [3.05, 3.63) is 77.2 Å². The third-order valence-corrected chi connectivity index (χ3v) is 4.31. The van der Waals surface area contributed by atoms with E-state index in [-0.39, 0.29) is 5.91 Å². The fourth-order valence-electron chi connectivity index (χ4n) is 2.49. The Labute approximate surface area is 151 Å². The smallest absolute Gasteiger partial charge is 0.248 e. The lowest BCUT2D eigenvalue weighted by molar-refractivity contribution is -0.111. The Bertz CT molecular complexity index is 944. The maximum absolute atomic E-state index is 12.2. The molecule has 0 spiro atoms. The molecular formula is C20H18ClN3O. The molecule has 4 nitrogen and oxygen atoms in total. The van der Waals surface area contributed by atoms with Crippen LogP contribution in [0.25, 0.3) is 17.3 Å². The first-order valence-corrected chi connectivity index (χ1v) is 8.25. The highest BCUT2D eigenvalue weighted by atomic mass is 35.5. The monoisotopic (exact) mass is 351 g/mol. The average Bonchev–Trinajstić information content (AvgIpc) is 2.94. The molecule has 0 saturated heterocycles. The van der Waals surface area contributed by atoms with E-state index in [1.54, 1.807) is 12.1 Å². The highest BCUT2D eigenvalue weighted by Crippen LogP contribution is 2.23. The van der Waals surface area contributed by atoms with Gasteiger partial charge in [0, 0.05) is 29.4 Å². The summed E-state index contributed by atoms with van der Waals surface area (Å²) < 4.78 is 2.01. The van der Waals surface area contributed by atoms with Gasteiger partial charge >= 0.3 is 0 Å². The van der Waals surface area contributed by atoms with E-state index < -0.39 is 0 Å². The summed E-state index contributed by atoms with van der Waals surface area (Å²) in [4.78, 5) is 16.5. The molecule has 1 heterocycles. The predicted octanol–water partition coefficient (Wildman–Crippen LogP) is 4.70.